The van der Waals surface area contributed by atoms with Gasteiger partial charge in [-0.2, -0.15) is 0 Å². The molecule has 19 heavy (non-hydrogen) atoms. The van der Waals surface area contributed by atoms with E-state index in [1.54, 1.807) is 0 Å². The van der Waals surface area contributed by atoms with Crippen molar-refractivity contribution in [1.82, 2.24) is 0 Å². The summed E-state index contributed by atoms with van der Waals surface area (Å²) in [6.07, 6.45) is 3.66. The molecule has 1 nitrogen and oxygen atoms in total. The molecule has 100 valence electrons. The number of nitrogens with one attached hydrogen (secondary N) is 1. The van der Waals surface area contributed by atoms with Gasteiger partial charge in [0, 0.05) is 5.69 Å². The summed E-state index contributed by atoms with van der Waals surface area (Å²) in [5.74, 6) is 0. The third-order valence-corrected chi connectivity index (χ3v) is 3.44. The molecular weight excluding hydrogens is 230 g/mol. The van der Waals surface area contributed by atoms with E-state index < -0.39 is 0 Å². The second-order valence-electron chi connectivity index (χ2n) is 5.12. The van der Waals surface area contributed by atoms with E-state index in [0.29, 0.717) is 6.04 Å². The summed E-state index contributed by atoms with van der Waals surface area (Å²) >= 11 is 0. The van der Waals surface area contributed by atoms with Crippen molar-refractivity contribution in [2.24, 2.45) is 0 Å². The molecule has 0 aliphatic carbocycles. The lowest BCUT2D eigenvalue weighted by molar-refractivity contribution is 0.634. The fourth-order valence-electron chi connectivity index (χ4n) is 2.27. The summed E-state index contributed by atoms with van der Waals surface area (Å²) in [7, 11) is 0. The molecule has 0 aliphatic rings. The summed E-state index contributed by atoms with van der Waals surface area (Å²) in [4.78, 5) is 0. The van der Waals surface area contributed by atoms with E-state index in [0.717, 1.165) is 0 Å². The van der Waals surface area contributed by atoms with Crippen LogP contribution in [0.4, 0.5) is 5.69 Å². The van der Waals surface area contributed by atoms with Crippen molar-refractivity contribution in [3.63, 3.8) is 0 Å². The molecule has 0 saturated heterocycles. The van der Waals surface area contributed by atoms with Crippen LogP contribution in [0.1, 0.15) is 43.4 Å². The summed E-state index contributed by atoms with van der Waals surface area (Å²) < 4.78 is 0. The highest BCUT2D eigenvalue weighted by atomic mass is 14.9. The van der Waals surface area contributed by atoms with E-state index in [2.05, 4.69) is 73.8 Å². The molecule has 1 atom stereocenters. The number of unbranched alkanes of at least 4 members (excludes halogenated alkanes) is 1. The van der Waals surface area contributed by atoms with Crippen LogP contribution in [0.5, 0.6) is 0 Å². The summed E-state index contributed by atoms with van der Waals surface area (Å²) in [6.45, 7) is 4.36. The van der Waals surface area contributed by atoms with Gasteiger partial charge in [-0.15, -0.1) is 0 Å². The summed E-state index contributed by atoms with van der Waals surface area (Å²) in [6, 6.07) is 19.8. The van der Waals surface area contributed by atoms with Crippen molar-refractivity contribution in [3.8, 4) is 0 Å². The standard InChI is InChI=1S/C18H23N/c1-3-4-10-18(16-8-6-5-7-9-16)19-17-13-11-15(2)12-14-17/h5-9,11-14,18-19H,3-4,10H2,1-2H3. The highest BCUT2D eigenvalue weighted by Gasteiger charge is 2.10. The van der Waals surface area contributed by atoms with Gasteiger partial charge in [0.05, 0.1) is 6.04 Å². The highest BCUT2D eigenvalue weighted by Crippen LogP contribution is 2.24. The van der Waals surface area contributed by atoms with Crippen molar-refractivity contribution < 1.29 is 0 Å². The van der Waals surface area contributed by atoms with Gasteiger partial charge in [-0.25, -0.2) is 0 Å². The maximum Gasteiger partial charge on any atom is 0.0513 e. The van der Waals surface area contributed by atoms with Crippen LogP contribution in [0.15, 0.2) is 54.6 Å². The fourth-order valence-corrected chi connectivity index (χ4v) is 2.27. The minimum Gasteiger partial charge on any atom is -0.378 e. The lowest BCUT2D eigenvalue weighted by Gasteiger charge is -2.20. The van der Waals surface area contributed by atoms with E-state index in [-0.39, 0.29) is 0 Å². The molecule has 0 spiro atoms. The second-order valence-corrected chi connectivity index (χ2v) is 5.12. The Morgan fingerprint density at radius 3 is 2.26 bits per heavy atom. The minimum atomic E-state index is 0.406. The Hall–Kier alpha value is -1.76. The van der Waals surface area contributed by atoms with Crippen LogP contribution in [-0.2, 0) is 0 Å². The first-order valence-corrected chi connectivity index (χ1v) is 7.17. The van der Waals surface area contributed by atoms with Crippen molar-refractivity contribution in [1.29, 1.82) is 0 Å². The van der Waals surface area contributed by atoms with Crippen LogP contribution < -0.4 is 5.32 Å². The van der Waals surface area contributed by atoms with E-state index >= 15 is 0 Å². The number of rotatable bonds is 6. The molecule has 0 heterocycles. The zero-order chi connectivity index (χ0) is 13.5. The summed E-state index contributed by atoms with van der Waals surface area (Å²) in [5, 5.41) is 3.66. The first-order valence-electron chi connectivity index (χ1n) is 7.17. The Kier molecular flexibility index (Phi) is 5.02. The van der Waals surface area contributed by atoms with E-state index in [9.17, 15) is 0 Å². The van der Waals surface area contributed by atoms with Gasteiger partial charge >= 0.3 is 0 Å². The van der Waals surface area contributed by atoms with Gasteiger partial charge in [0.1, 0.15) is 0 Å². The van der Waals surface area contributed by atoms with Crippen LogP contribution in [-0.4, -0.2) is 0 Å². The van der Waals surface area contributed by atoms with Crippen molar-refractivity contribution >= 4 is 5.69 Å². The van der Waals surface area contributed by atoms with Crippen molar-refractivity contribution in [3.05, 3.63) is 65.7 Å². The molecule has 0 radical (unpaired) electrons. The molecule has 1 unspecified atom stereocenters. The number of benzene rings is 2. The van der Waals surface area contributed by atoms with Crippen LogP contribution in [0.3, 0.4) is 0 Å². The first kappa shape index (κ1) is 13.7. The molecule has 2 rings (SSSR count). The Bertz CT molecular complexity index is 473. The van der Waals surface area contributed by atoms with Gasteiger partial charge in [0.2, 0.25) is 0 Å². The van der Waals surface area contributed by atoms with E-state index in [1.807, 2.05) is 0 Å². The Morgan fingerprint density at radius 1 is 0.947 bits per heavy atom. The molecular formula is C18H23N. The third kappa shape index (κ3) is 4.13. The fraction of sp³-hybridized carbons (Fsp3) is 0.333. The SMILES string of the molecule is CCCCC(Nc1ccc(C)cc1)c1ccccc1. The quantitative estimate of drug-likeness (QED) is 0.733. The van der Waals surface area contributed by atoms with Crippen molar-refractivity contribution in [2.45, 2.75) is 39.2 Å². The summed E-state index contributed by atoms with van der Waals surface area (Å²) in [5.41, 5.74) is 3.88. The Balaban J connectivity index is 2.11. The third-order valence-electron chi connectivity index (χ3n) is 3.44. The number of anilines is 1. The zero-order valence-corrected chi connectivity index (χ0v) is 11.9. The topological polar surface area (TPSA) is 12.0 Å². The number of hydrogen-bond donors (Lipinski definition) is 1. The predicted octanol–water partition coefficient (Wildman–Crippen LogP) is 5.34. The van der Waals surface area contributed by atoms with E-state index in [4.69, 9.17) is 0 Å². The van der Waals surface area contributed by atoms with Crippen LogP contribution in [0.2, 0.25) is 0 Å². The largest absolute Gasteiger partial charge is 0.378 e. The molecule has 0 aromatic heterocycles. The Morgan fingerprint density at radius 2 is 1.63 bits per heavy atom. The average Bonchev–Trinajstić information content (AvgIpc) is 2.46. The zero-order valence-electron chi connectivity index (χ0n) is 11.9. The monoisotopic (exact) mass is 253 g/mol. The maximum atomic E-state index is 3.66. The lowest BCUT2D eigenvalue weighted by atomic mass is 10.0. The lowest BCUT2D eigenvalue weighted by Crippen LogP contribution is -2.10. The van der Waals surface area contributed by atoms with Crippen LogP contribution in [0.25, 0.3) is 0 Å². The normalized spacial score (nSPS) is 12.1. The van der Waals surface area contributed by atoms with Crippen LogP contribution >= 0.6 is 0 Å². The molecule has 0 bridgehead atoms. The second kappa shape index (κ2) is 6.98. The molecule has 0 fully saturated rings. The molecule has 0 amide bonds. The Labute approximate surface area is 116 Å². The molecule has 2 aromatic carbocycles. The predicted molar refractivity (Wildman–Crippen MR) is 83.5 cm³/mol. The molecule has 1 heteroatoms. The molecule has 1 N–H and O–H groups in total. The van der Waals surface area contributed by atoms with Gasteiger partial charge in [-0.1, -0.05) is 67.8 Å². The smallest absolute Gasteiger partial charge is 0.0513 e. The van der Waals surface area contributed by atoms with Gasteiger partial charge in [0.15, 0.2) is 0 Å². The van der Waals surface area contributed by atoms with Crippen molar-refractivity contribution in [2.75, 3.05) is 5.32 Å². The molecule has 2 aromatic rings. The number of aryl methyl sites for hydroxylation is 1. The number of hydrogen-bond acceptors (Lipinski definition) is 1. The molecule has 0 aliphatic heterocycles. The van der Waals surface area contributed by atoms with Gasteiger partial charge < -0.3 is 5.32 Å². The van der Waals surface area contributed by atoms with Gasteiger partial charge in [-0.05, 0) is 31.0 Å². The molecule has 0 saturated carbocycles. The average molecular weight is 253 g/mol. The van der Waals surface area contributed by atoms with Gasteiger partial charge in [-0.3, -0.25) is 0 Å². The van der Waals surface area contributed by atoms with E-state index in [1.165, 1.54) is 36.1 Å². The van der Waals surface area contributed by atoms with Crippen LogP contribution in [0, 0.1) is 6.92 Å². The van der Waals surface area contributed by atoms with Gasteiger partial charge in [0.25, 0.3) is 0 Å². The minimum absolute atomic E-state index is 0.406. The first-order chi connectivity index (χ1) is 9.29. The maximum absolute atomic E-state index is 3.66. The highest BCUT2D eigenvalue weighted by molar-refractivity contribution is 5.46.